The molecule has 1 heterocycles. The molecule has 8 heteroatoms. The number of furan rings is 1. The highest BCUT2D eigenvalue weighted by Crippen LogP contribution is 2.23. The minimum absolute atomic E-state index is 0.0910. The topological polar surface area (TPSA) is 51.5 Å². The van der Waals surface area contributed by atoms with Crippen LogP contribution in [-0.4, -0.2) is 32.0 Å². The molecule has 1 N–H and O–H groups in total. The maximum absolute atomic E-state index is 12.7. The van der Waals surface area contributed by atoms with Crippen molar-refractivity contribution in [2.75, 3.05) is 13.7 Å². The number of halogens is 4. The van der Waals surface area contributed by atoms with Gasteiger partial charge in [-0.2, -0.15) is 8.78 Å². The van der Waals surface area contributed by atoms with Crippen LogP contribution in [0.4, 0.5) is 17.6 Å². The van der Waals surface area contributed by atoms with Gasteiger partial charge in [0.1, 0.15) is 5.76 Å². The van der Waals surface area contributed by atoms with Gasteiger partial charge in [0.2, 0.25) is 5.76 Å². The molecule has 0 aliphatic carbocycles. The van der Waals surface area contributed by atoms with Crippen molar-refractivity contribution in [3.8, 4) is 0 Å². The average molecular weight is 283 g/mol. The normalized spacial score (nSPS) is 13.6. The lowest BCUT2D eigenvalue weighted by molar-refractivity contribution is -0.126. The largest absolute Gasteiger partial charge is 0.463 e. The van der Waals surface area contributed by atoms with E-state index in [1.807, 2.05) is 0 Å². The summed E-state index contributed by atoms with van der Waals surface area (Å²) in [6.07, 6.45) is -3.74. The van der Waals surface area contributed by atoms with Gasteiger partial charge in [-0.1, -0.05) is 0 Å². The number of hydrogen-bond donors (Lipinski definition) is 1. The number of ether oxygens (including phenoxy) is 1. The van der Waals surface area contributed by atoms with Crippen LogP contribution in [0, 0.1) is 0 Å². The van der Waals surface area contributed by atoms with Crippen LogP contribution >= 0.6 is 0 Å². The molecule has 1 aromatic heterocycles. The third-order valence-electron chi connectivity index (χ3n) is 2.40. The summed E-state index contributed by atoms with van der Waals surface area (Å²) in [5.41, 5.74) is 0. The molecule has 0 saturated carbocycles. The number of esters is 1. The van der Waals surface area contributed by atoms with Gasteiger partial charge in [-0.05, 0) is 19.1 Å². The molecule has 1 aromatic rings. The van der Waals surface area contributed by atoms with Gasteiger partial charge in [0.05, 0.1) is 19.7 Å². The zero-order valence-corrected chi connectivity index (χ0v) is 10.3. The van der Waals surface area contributed by atoms with E-state index in [1.54, 1.807) is 0 Å². The number of hydrogen-bond acceptors (Lipinski definition) is 4. The van der Waals surface area contributed by atoms with E-state index >= 15 is 0 Å². The summed E-state index contributed by atoms with van der Waals surface area (Å²) in [7, 11) is 1.16. The van der Waals surface area contributed by atoms with Crippen LogP contribution in [0.1, 0.15) is 29.3 Å². The Morgan fingerprint density at radius 3 is 2.63 bits per heavy atom. The van der Waals surface area contributed by atoms with Crippen molar-refractivity contribution < 1.29 is 31.5 Å². The minimum Gasteiger partial charge on any atom is -0.463 e. The lowest BCUT2D eigenvalue weighted by atomic mass is 10.2. The fourth-order valence-electron chi connectivity index (χ4n) is 1.26. The van der Waals surface area contributed by atoms with E-state index in [9.17, 15) is 22.4 Å². The predicted octanol–water partition coefficient (Wildman–Crippen LogP) is 2.62. The molecule has 1 atom stereocenters. The van der Waals surface area contributed by atoms with Gasteiger partial charge < -0.3 is 14.5 Å². The number of alkyl halides is 4. The van der Waals surface area contributed by atoms with Gasteiger partial charge >= 0.3 is 18.3 Å². The summed E-state index contributed by atoms with van der Waals surface area (Å²) in [6, 6.07) is 1.94. The Hall–Kier alpha value is -1.57. The summed E-state index contributed by atoms with van der Waals surface area (Å²) in [4.78, 5) is 11.1. The first kappa shape index (κ1) is 15.5. The van der Waals surface area contributed by atoms with Crippen LogP contribution in [0.15, 0.2) is 16.5 Å². The molecule has 0 aliphatic heterocycles. The number of methoxy groups -OCH3 is 1. The molecule has 0 aliphatic rings. The Morgan fingerprint density at radius 2 is 2.11 bits per heavy atom. The average Bonchev–Trinajstić information content (AvgIpc) is 2.84. The summed E-state index contributed by atoms with van der Waals surface area (Å²) in [5.74, 6) is -4.75. The van der Waals surface area contributed by atoms with E-state index in [0.717, 1.165) is 7.11 Å². The lowest BCUT2D eigenvalue weighted by Gasteiger charge is -2.18. The SMILES string of the molecule is COC(=O)c1ccc(C(C)NCC(F)(F)C(F)F)o1. The summed E-state index contributed by atoms with van der Waals surface area (Å²) in [6.45, 7) is 0.252. The van der Waals surface area contributed by atoms with E-state index in [4.69, 9.17) is 4.42 Å². The van der Waals surface area contributed by atoms with Crippen molar-refractivity contribution in [3.63, 3.8) is 0 Å². The van der Waals surface area contributed by atoms with Gasteiger partial charge in [-0.25, -0.2) is 13.6 Å². The van der Waals surface area contributed by atoms with Gasteiger partial charge in [0, 0.05) is 0 Å². The molecule has 4 nitrogen and oxygen atoms in total. The Bertz CT molecular complexity index is 433. The van der Waals surface area contributed by atoms with Crippen LogP contribution in [0.2, 0.25) is 0 Å². The van der Waals surface area contributed by atoms with Crippen molar-refractivity contribution in [2.45, 2.75) is 25.3 Å². The predicted molar refractivity (Wildman–Crippen MR) is 57.4 cm³/mol. The maximum atomic E-state index is 12.7. The Morgan fingerprint density at radius 1 is 1.47 bits per heavy atom. The van der Waals surface area contributed by atoms with E-state index in [-0.39, 0.29) is 11.5 Å². The first-order chi connectivity index (χ1) is 8.77. The van der Waals surface area contributed by atoms with Crippen LogP contribution in [0.3, 0.4) is 0 Å². The van der Waals surface area contributed by atoms with E-state index in [0.29, 0.717) is 0 Å². The van der Waals surface area contributed by atoms with Crippen LogP contribution in [0.25, 0.3) is 0 Å². The number of carbonyl (C=O) groups is 1. The van der Waals surface area contributed by atoms with E-state index in [2.05, 4.69) is 10.1 Å². The third-order valence-corrected chi connectivity index (χ3v) is 2.40. The Balaban J connectivity index is 2.61. The molecule has 19 heavy (non-hydrogen) atoms. The zero-order valence-electron chi connectivity index (χ0n) is 10.3. The molecule has 108 valence electrons. The quantitative estimate of drug-likeness (QED) is 0.644. The van der Waals surface area contributed by atoms with Crippen molar-refractivity contribution in [2.24, 2.45) is 0 Å². The summed E-state index contributed by atoms with van der Waals surface area (Å²) < 4.78 is 58.7. The number of rotatable bonds is 6. The number of nitrogens with one attached hydrogen (secondary N) is 1. The molecule has 0 saturated heterocycles. The highest BCUT2D eigenvalue weighted by Gasteiger charge is 2.40. The molecule has 1 rings (SSSR count). The molecule has 0 amide bonds. The van der Waals surface area contributed by atoms with Crippen LogP contribution in [0.5, 0.6) is 0 Å². The van der Waals surface area contributed by atoms with Gasteiger partial charge in [0.25, 0.3) is 0 Å². The molecule has 0 bridgehead atoms. The fourth-order valence-corrected chi connectivity index (χ4v) is 1.26. The molecule has 0 fully saturated rings. The molecule has 0 radical (unpaired) electrons. The van der Waals surface area contributed by atoms with Crippen LogP contribution < -0.4 is 5.32 Å². The van der Waals surface area contributed by atoms with Crippen molar-refractivity contribution in [1.29, 1.82) is 0 Å². The standard InChI is InChI=1S/C11H13F4NO3/c1-6(16-5-11(14,15)10(12)13)7-3-4-8(19-7)9(17)18-2/h3-4,6,10,16H,5H2,1-2H3. The molecule has 1 unspecified atom stereocenters. The molecular formula is C11H13F4NO3. The highest BCUT2D eigenvalue weighted by atomic mass is 19.3. The second-order valence-corrected chi connectivity index (χ2v) is 3.86. The Kier molecular flexibility index (Phi) is 4.93. The van der Waals surface area contributed by atoms with Crippen LogP contribution in [-0.2, 0) is 4.74 Å². The minimum atomic E-state index is -4.12. The monoisotopic (exact) mass is 283 g/mol. The lowest BCUT2D eigenvalue weighted by Crippen LogP contribution is -2.39. The summed E-state index contributed by atoms with van der Waals surface area (Å²) in [5, 5.41) is 2.21. The second-order valence-electron chi connectivity index (χ2n) is 3.86. The van der Waals surface area contributed by atoms with Gasteiger partial charge in [-0.15, -0.1) is 0 Å². The fraction of sp³-hybridized carbons (Fsp3) is 0.545. The van der Waals surface area contributed by atoms with Crippen molar-refractivity contribution in [3.05, 3.63) is 23.7 Å². The van der Waals surface area contributed by atoms with Gasteiger partial charge in [0.15, 0.2) is 0 Å². The number of carbonyl (C=O) groups excluding carboxylic acids is 1. The maximum Gasteiger partial charge on any atom is 0.373 e. The third kappa shape index (κ3) is 3.95. The van der Waals surface area contributed by atoms with E-state index in [1.165, 1.54) is 19.1 Å². The smallest absolute Gasteiger partial charge is 0.373 e. The van der Waals surface area contributed by atoms with Gasteiger partial charge in [-0.3, -0.25) is 0 Å². The second kappa shape index (κ2) is 6.05. The molecule has 0 spiro atoms. The van der Waals surface area contributed by atoms with Crippen molar-refractivity contribution in [1.82, 2.24) is 5.32 Å². The van der Waals surface area contributed by atoms with E-state index < -0.39 is 30.9 Å². The molecular weight excluding hydrogens is 270 g/mol. The zero-order chi connectivity index (χ0) is 14.6. The molecule has 0 aromatic carbocycles. The van der Waals surface area contributed by atoms with Crippen molar-refractivity contribution >= 4 is 5.97 Å². The first-order valence-corrected chi connectivity index (χ1v) is 5.35. The highest BCUT2D eigenvalue weighted by molar-refractivity contribution is 5.86. The Labute approximate surface area is 106 Å². The summed E-state index contributed by atoms with van der Waals surface area (Å²) >= 11 is 0. The first-order valence-electron chi connectivity index (χ1n) is 5.35.